The molecule has 0 bridgehead atoms. The molecule has 43 heavy (non-hydrogen) atoms. The van der Waals surface area contributed by atoms with Gasteiger partial charge in [-0.1, -0.05) is 37.5 Å². The monoisotopic (exact) mass is 583 g/mol. The molecular formula is C35H41N3O5. The molecule has 1 aliphatic carbocycles. The van der Waals surface area contributed by atoms with Crippen molar-refractivity contribution in [3.05, 3.63) is 88.5 Å². The molecule has 0 aliphatic heterocycles. The molecule has 1 unspecified atom stereocenters. The second-order valence-corrected chi connectivity index (χ2v) is 11.0. The number of amides is 1. The Morgan fingerprint density at radius 3 is 2.40 bits per heavy atom. The van der Waals surface area contributed by atoms with Gasteiger partial charge in [-0.2, -0.15) is 0 Å². The lowest BCUT2D eigenvalue weighted by atomic mass is 9.88. The largest absolute Gasteiger partial charge is 0.494 e. The highest BCUT2D eigenvalue weighted by Crippen LogP contribution is 2.32. The van der Waals surface area contributed by atoms with Crippen LogP contribution in [0.4, 0.5) is 0 Å². The fourth-order valence-corrected chi connectivity index (χ4v) is 6.04. The Labute approximate surface area is 253 Å². The standard InChI is InChI=1S/C35H41N3O5/c1-5-43-28-18-16-27(17-19-28)38-33(36-30-14-10-9-13-29(30)35(38)40)24(2)37(34(39)26-11-7-6-8-12-26)22-21-25-15-20-31(41-3)32(23-25)42-4/h9-10,13-20,23-24,26H,5-8,11-12,21-22H2,1-4H3. The minimum Gasteiger partial charge on any atom is -0.494 e. The maximum Gasteiger partial charge on any atom is 0.266 e. The summed E-state index contributed by atoms with van der Waals surface area (Å²) >= 11 is 0. The van der Waals surface area contributed by atoms with Crippen LogP contribution < -0.4 is 19.8 Å². The lowest BCUT2D eigenvalue weighted by Gasteiger charge is -2.34. The molecule has 1 fully saturated rings. The van der Waals surface area contributed by atoms with Crippen LogP contribution in [-0.4, -0.2) is 47.7 Å². The van der Waals surface area contributed by atoms with Crippen molar-refractivity contribution in [2.75, 3.05) is 27.4 Å². The van der Waals surface area contributed by atoms with E-state index in [1.54, 1.807) is 24.9 Å². The van der Waals surface area contributed by atoms with Gasteiger partial charge in [0.05, 0.1) is 43.5 Å². The van der Waals surface area contributed by atoms with E-state index in [4.69, 9.17) is 19.2 Å². The third-order valence-corrected chi connectivity index (χ3v) is 8.38. The molecular weight excluding hydrogens is 542 g/mol. The van der Waals surface area contributed by atoms with E-state index in [2.05, 4.69) is 0 Å². The molecule has 8 heteroatoms. The van der Waals surface area contributed by atoms with Crippen LogP contribution in [-0.2, 0) is 11.2 Å². The van der Waals surface area contributed by atoms with Gasteiger partial charge in [0.15, 0.2) is 11.5 Å². The van der Waals surface area contributed by atoms with E-state index in [-0.39, 0.29) is 17.4 Å². The first-order valence-electron chi connectivity index (χ1n) is 15.2. The number of fused-ring (bicyclic) bond motifs is 1. The highest BCUT2D eigenvalue weighted by atomic mass is 16.5. The van der Waals surface area contributed by atoms with Gasteiger partial charge in [-0.3, -0.25) is 14.2 Å². The van der Waals surface area contributed by atoms with E-state index in [1.807, 2.05) is 79.4 Å². The normalized spacial score (nSPS) is 14.3. The van der Waals surface area contributed by atoms with E-state index in [0.29, 0.717) is 53.5 Å². The van der Waals surface area contributed by atoms with Crippen LogP contribution in [0, 0.1) is 5.92 Å². The van der Waals surface area contributed by atoms with E-state index in [0.717, 1.165) is 43.4 Å². The number of rotatable bonds is 11. The van der Waals surface area contributed by atoms with Gasteiger partial charge < -0.3 is 19.1 Å². The van der Waals surface area contributed by atoms with E-state index < -0.39 is 6.04 Å². The molecule has 1 amide bonds. The first kappa shape index (κ1) is 30.1. The third kappa shape index (κ3) is 6.53. The average molecular weight is 584 g/mol. The molecule has 3 aromatic carbocycles. The summed E-state index contributed by atoms with van der Waals surface area (Å²) in [6.07, 6.45) is 5.65. The Morgan fingerprint density at radius 2 is 1.70 bits per heavy atom. The zero-order valence-electron chi connectivity index (χ0n) is 25.5. The van der Waals surface area contributed by atoms with Crippen molar-refractivity contribution in [3.63, 3.8) is 0 Å². The van der Waals surface area contributed by atoms with E-state index in [1.165, 1.54) is 0 Å². The Balaban J connectivity index is 1.57. The van der Waals surface area contributed by atoms with Gasteiger partial charge in [-0.25, -0.2) is 4.98 Å². The number of carbonyl (C=O) groups is 1. The molecule has 1 atom stereocenters. The first-order valence-corrected chi connectivity index (χ1v) is 15.2. The van der Waals surface area contributed by atoms with Crippen molar-refractivity contribution < 1.29 is 19.0 Å². The number of carbonyl (C=O) groups excluding carboxylic acids is 1. The number of methoxy groups -OCH3 is 2. The topological polar surface area (TPSA) is 82.9 Å². The van der Waals surface area contributed by atoms with Crippen molar-refractivity contribution in [2.45, 2.75) is 58.4 Å². The quantitative estimate of drug-likeness (QED) is 0.200. The van der Waals surface area contributed by atoms with Crippen molar-refractivity contribution in [1.29, 1.82) is 0 Å². The highest BCUT2D eigenvalue weighted by molar-refractivity contribution is 5.80. The molecule has 8 nitrogen and oxygen atoms in total. The van der Waals surface area contributed by atoms with Crippen molar-refractivity contribution in [1.82, 2.24) is 14.5 Å². The molecule has 0 radical (unpaired) electrons. The van der Waals surface area contributed by atoms with Crippen LogP contribution in [0.2, 0.25) is 0 Å². The van der Waals surface area contributed by atoms with Crippen LogP contribution in [0.25, 0.3) is 16.6 Å². The smallest absolute Gasteiger partial charge is 0.266 e. The predicted octanol–water partition coefficient (Wildman–Crippen LogP) is 6.51. The summed E-state index contributed by atoms with van der Waals surface area (Å²) in [5, 5.41) is 0.530. The molecule has 1 heterocycles. The Kier molecular flexibility index (Phi) is 9.65. The van der Waals surface area contributed by atoms with E-state index in [9.17, 15) is 9.59 Å². The average Bonchev–Trinajstić information content (AvgIpc) is 3.05. The third-order valence-electron chi connectivity index (χ3n) is 8.38. The Hall–Kier alpha value is -4.33. The molecule has 0 N–H and O–H groups in total. The number of para-hydroxylation sites is 1. The molecule has 1 aliphatic rings. The minimum atomic E-state index is -0.460. The fraction of sp³-hybridized carbons (Fsp3) is 0.400. The number of hydrogen-bond donors (Lipinski definition) is 0. The second-order valence-electron chi connectivity index (χ2n) is 11.0. The number of nitrogens with zero attached hydrogens (tertiary/aromatic N) is 3. The zero-order valence-corrected chi connectivity index (χ0v) is 25.5. The summed E-state index contributed by atoms with van der Waals surface area (Å²) in [6, 6.07) is 20.2. The number of ether oxygens (including phenoxy) is 3. The maximum atomic E-state index is 14.2. The van der Waals surface area contributed by atoms with Gasteiger partial charge in [0, 0.05) is 12.5 Å². The minimum absolute atomic E-state index is 0.0345. The summed E-state index contributed by atoms with van der Waals surface area (Å²) in [4.78, 5) is 35.2. The van der Waals surface area contributed by atoms with E-state index >= 15 is 0 Å². The van der Waals surface area contributed by atoms with Crippen LogP contribution in [0.15, 0.2) is 71.5 Å². The molecule has 5 rings (SSSR count). The number of hydrogen-bond acceptors (Lipinski definition) is 6. The maximum absolute atomic E-state index is 14.2. The lowest BCUT2D eigenvalue weighted by molar-refractivity contribution is -0.139. The van der Waals surface area contributed by atoms with Crippen molar-refractivity contribution in [2.24, 2.45) is 5.92 Å². The van der Waals surface area contributed by atoms with Crippen molar-refractivity contribution >= 4 is 16.8 Å². The van der Waals surface area contributed by atoms with Gasteiger partial charge in [-0.15, -0.1) is 0 Å². The predicted molar refractivity (Wildman–Crippen MR) is 168 cm³/mol. The van der Waals surface area contributed by atoms with Gasteiger partial charge in [0.25, 0.3) is 5.56 Å². The van der Waals surface area contributed by atoms with Crippen LogP contribution in [0.3, 0.4) is 0 Å². The fourth-order valence-electron chi connectivity index (χ4n) is 6.04. The summed E-state index contributed by atoms with van der Waals surface area (Å²) in [5.74, 6) is 2.66. The zero-order chi connectivity index (χ0) is 30.3. The number of benzene rings is 3. The molecule has 1 aromatic heterocycles. The Morgan fingerprint density at radius 1 is 0.977 bits per heavy atom. The molecule has 0 saturated heterocycles. The summed E-state index contributed by atoms with van der Waals surface area (Å²) in [6.45, 7) is 4.94. The molecule has 0 spiro atoms. The van der Waals surface area contributed by atoms with Crippen LogP contribution in [0.5, 0.6) is 17.2 Å². The number of aromatic nitrogens is 2. The van der Waals surface area contributed by atoms with Gasteiger partial charge in [0.2, 0.25) is 5.91 Å². The lowest BCUT2D eigenvalue weighted by Crippen LogP contribution is -2.42. The first-order chi connectivity index (χ1) is 20.9. The molecule has 4 aromatic rings. The highest BCUT2D eigenvalue weighted by Gasteiger charge is 2.32. The molecule has 1 saturated carbocycles. The van der Waals surface area contributed by atoms with Gasteiger partial charge in [-0.05, 0) is 87.2 Å². The van der Waals surface area contributed by atoms with Gasteiger partial charge >= 0.3 is 0 Å². The summed E-state index contributed by atoms with van der Waals surface area (Å²) in [7, 11) is 3.23. The Bertz CT molecular complexity index is 1610. The molecule has 226 valence electrons. The SMILES string of the molecule is CCOc1ccc(-n2c(C(C)N(CCc3ccc(OC)c(OC)c3)C(=O)C3CCCCC3)nc3ccccc3c2=O)cc1. The van der Waals surface area contributed by atoms with Gasteiger partial charge in [0.1, 0.15) is 11.6 Å². The van der Waals surface area contributed by atoms with Crippen LogP contribution >= 0.6 is 0 Å². The van der Waals surface area contributed by atoms with Crippen LogP contribution in [0.1, 0.15) is 63.4 Å². The summed E-state index contributed by atoms with van der Waals surface area (Å²) in [5.41, 5.74) is 2.16. The summed E-state index contributed by atoms with van der Waals surface area (Å²) < 4.78 is 18.2. The van der Waals surface area contributed by atoms with Crippen molar-refractivity contribution in [3.8, 4) is 22.9 Å². The second kappa shape index (κ2) is 13.8.